The number of hydrogen-bond acceptors (Lipinski definition) is 5. The minimum absolute atomic E-state index is 0.0234. The molecule has 0 aromatic rings. The summed E-state index contributed by atoms with van der Waals surface area (Å²) in [5.41, 5.74) is 0. The van der Waals surface area contributed by atoms with Crippen LogP contribution in [0.5, 0.6) is 0 Å². The zero-order chi connectivity index (χ0) is 7.56. The predicted molar refractivity (Wildman–Crippen MR) is 29.8 cm³/mol. The zero-order valence-electron chi connectivity index (χ0n) is 5.56. The third-order valence-corrected chi connectivity index (χ3v) is 1.16. The van der Waals surface area contributed by atoms with Gasteiger partial charge in [0.05, 0.1) is 0 Å². The molecule has 5 heteroatoms. The van der Waals surface area contributed by atoms with Crippen LogP contribution in [0, 0.1) is 0 Å². The summed E-state index contributed by atoms with van der Waals surface area (Å²) >= 11 is 0. The molecule has 60 valence electrons. The number of aliphatic hydroxyl groups excluding tert-OH is 2. The van der Waals surface area contributed by atoms with Crippen LogP contribution in [0.25, 0.3) is 0 Å². The Balaban J connectivity index is 2.36. The number of methoxy groups -OCH3 is 1. The summed E-state index contributed by atoms with van der Waals surface area (Å²) in [7, 11) is 1.38. The highest BCUT2D eigenvalue weighted by molar-refractivity contribution is 4.55. The highest BCUT2D eigenvalue weighted by atomic mass is 16.8. The van der Waals surface area contributed by atoms with E-state index in [2.05, 4.69) is 9.47 Å². The first-order valence-corrected chi connectivity index (χ1v) is 2.90. The van der Waals surface area contributed by atoms with Gasteiger partial charge in [-0.05, 0) is 0 Å². The molecule has 5 nitrogen and oxygen atoms in total. The van der Waals surface area contributed by atoms with Crippen LogP contribution in [-0.4, -0.2) is 42.8 Å². The van der Waals surface area contributed by atoms with Gasteiger partial charge in [0.1, 0.15) is 6.61 Å². The number of rotatable bonds is 1. The van der Waals surface area contributed by atoms with E-state index in [-0.39, 0.29) is 6.61 Å². The second-order valence-electron chi connectivity index (χ2n) is 1.92. The second kappa shape index (κ2) is 3.27. The van der Waals surface area contributed by atoms with E-state index in [0.29, 0.717) is 0 Å². The van der Waals surface area contributed by atoms with Crippen LogP contribution in [0.2, 0.25) is 0 Å². The van der Waals surface area contributed by atoms with E-state index < -0.39 is 18.9 Å². The van der Waals surface area contributed by atoms with E-state index in [0.717, 1.165) is 0 Å². The van der Waals surface area contributed by atoms with E-state index in [1.165, 1.54) is 7.11 Å². The van der Waals surface area contributed by atoms with E-state index in [9.17, 15) is 0 Å². The molecule has 0 bridgehead atoms. The molecule has 1 aliphatic rings. The van der Waals surface area contributed by atoms with Gasteiger partial charge in [-0.25, -0.2) is 0 Å². The van der Waals surface area contributed by atoms with Crippen molar-refractivity contribution in [2.75, 3.05) is 13.7 Å². The average Bonchev–Trinajstić information content (AvgIpc) is 1.88. The first-order chi connectivity index (χ1) is 4.74. The smallest absolute Gasteiger partial charge is 0.209 e. The van der Waals surface area contributed by atoms with Gasteiger partial charge in [-0.2, -0.15) is 0 Å². The van der Waals surface area contributed by atoms with Gasteiger partial charge in [0, 0.05) is 7.11 Å². The van der Waals surface area contributed by atoms with Crippen molar-refractivity contribution in [2.45, 2.75) is 18.9 Å². The highest BCUT2D eigenvalue weighted by Crippen LogP contribution is 2.11. The largest absolute Gasteiger partial charge is 0.366 e. The summed E-state index contributed by atoms with van der Waals surface area (Å²) < 4.78 is 14.0. The topological polar surface area (TPSA) is 68.2 Å². The third-order valence-electron chi connectivity index (χ3n) is 1.16. The van der Waals surface area contributed by atoms with E-state index in [1.807, 2.05) is 0 Å². The minimum atomic E-state index is -1.20. The molecule has 2 N–H and O–H groups in total. The maximum Gasteiger partial charge on any atom is 0.209 e. The molecule has 1 saturated heterocycles. The Labute approximate surface area is 58.1 Å². The van der Waals surface area contributed by atoms with Crippen LogP contribution in [-0.2, 0) is 14.2 Å². The maximum absolute atomic E-state index is 8.91. The summed E-state index contributed by atoms with van der Waals surface area (Å²) in [6, 6.07) is 0. The molecular weight excluding hydrogens is 140 g/mol. The van der Waals surface area contributed by atoms with Crippen molar-refractivity contribution in [1.29, 1.82) is 0 Å². The molecule has 10 heavy (non-hydrogen) atoms. The van der Waals surface area contributed by atoms with Crippen LogP contribution in [0.4, 0.5) is 0 Å². The molecule has 1 unspecified atom stereocenters. The molecule has 3 atom stereocenters. The van der Waals surface area contributed by atoms with Gasteiger partial charge in [-0.3, -0.25) is 0 Å². The number of hydrogen-bond donors (Lipinski definition) is 2. The van der Waals surface area contributed by atoms with E-state index in [1.54, 1.807) is 0 Å². The molecule has 0 spiro atoms. The monoisotopic (exact) mass is 150 g/mol. The molecule has 0 aliphatic carbocycles. The normalized spacial score (nSPS) is 41.7. The first kappa shape index (κ1) is 7.90. The van der Waals surface area contributed by atoms with Gasteiger partial charge in [0.2, 0.25) is 12.6 Å². The van der Waals surface area contributed by atoms with Gasteiger partial charge >= 0.3 is 0 Å². The van der Waals surface area contributed by atoms with Crippen LogP contribution < -0.4 is 0 Å². The Hall–Kier alpha value is -0.200. The third kappa shape index (κ3) is 1.65. The van der Waals surface area contributed by atoms with Crippen molar-refractivity contribution in [3.63, 3.8) is 0 Å². The van der Waals surface area contributed by atoms with E-state index in [4.69, 9.17) is 14.9 Å². The summed E-state index contributed by atoms with van der Waals surface area (Å²) in [6.07, 6.45) is -3.04. The molecule has 1 aliphatic heterocycles. The van der Waals surface area contributed by atoms with Gasteiger partial charge in [-0.15, -0.1) is 0 Å². The fraction of sp³-hybridized carbons (Fsp3) is 1.00. The summed E-state index contributed by atoms with van der Waals surface area (Å²) in [6.45, 7) is 0.0234. The van der Waals surface area contributed by atoms with Gasteiger partial charge in [0.25, 0.3) is 0 Å². The lowest BCUT2D eigenvalue weighted by atomic mass is 10.5. The first-order valence-electron chi connectivity index (χ1n) is 2.90. The van der Waals surface area contributed by atoms with Crippen molar-refractivity contribution in [3.8, 4) is 0 Å². The van der Waals surface area contributed by atoms with Gasteiger partial charge < -0.3 is 24.4 Å². The highest BCUT2D eigenvalue weighted by Gasteiger charge is 2.28. The van der Waals surface area contributed by atoms with Crippen molar-refractivity contribution < 1.29 is 24.4 Å². The fourth-order valence-corrected chi connectivity index (χ4v) is 0.708. The molecule has 1 heterocycles. The lowest BCUT2D eigenvalue weighted by molar-refractivity contribution is -0.356. The summed E-state index contributed by atoms with van der Waals surface area (Å²) in [4.78, 5) is 0. The number of ether oxygens (including phenoxy) is 3. The Morgan fingerprint density at radius 1 is 1.50 bits per heavy atom. The second-order valence-corrected chi connectivity index (χ2v) is 1.92. The summed E-state index contributed by atoms with van der Waals surface area (Å²) in [5, 5.41) is 17.6. The number of aliphatic hydroxyl groups is 2. The Morgan fingerprint density at radius 3 is 2.70 bits per heavy atom. The SMILES string of the molecule is CO[C@H]1OC[C@@H](O)OC1O. The van der Waals surface area contributed by atoms with Crippen molar-refractivity contribution >= 4 is 0 Å². The average molecular weight is 150 g/mol. The molecular formula is C5H10O5. The van der Waals surface area contributed by atoms with Crippen molar-refractivity contribution in [2.24, 2.45) is 0 Å². The Morgan fingerprint density at radius 2 is 2.20 bits per heavy atom. The zero-order valence-corrected chi connectivity index (χ0v) is 5.56. The van der Waals surface area contributed by atoms with Gasteiger partial charge in [-0.1, -0.05) is 0 Å². The van der Waals surface area contributed by atoms with Crippen LogP contribution in [0.15, 0.2) is 0 Å². The molecule has 0 aromatic carbocycles. The Bertz CT molecular complexity index is 106. The molecule has 0 amide bonds. The molecule has 1 rings (SSSR count). The van der Waals surface area contributed by atoms with Crippen LogP contribution in [0.1, 0.15) is 0 Å². The quantitative estimate of drug-likeness (QED) is 0.483. The van der Waals surface area contributed by atoms with Gasteiger partial charge in [0.15, 0.2) is 6.29 Å². The van der Waals surface area contributed by atoms with Crippen molar-refractivity contribution in [3.05, 3.63) is 0 Å². The Kier molecular flexibility index (Phi) is 2.58. The predicted octanol–water partition coefficient (Wildman–Crippen LogP) is -1.36. The molecule has 0 saturated carbocycles. The molecule has 0 radical (unpaired) electrons. The van der Waals surface area contributed by atoms with Crippen LogP contribution in [0.3, 0.4) is 0 Å². The van der Waals surface area contributed by atoms with E-state index >= 15 is 0 Å². The molecule has 0 aromatic heterocycles. The molecule has 1 fully saturated rings. The van der Waals surface area contributed by atoms with Crippen molar-refractivity contribution in [1.82, 2.24) is 0 Å². The summed E-state index contributed by atoms with van der Waals surface area (Å²) in [5.74, 6) is 0. The van der Waals surface area contributed by atoms with Crippen LogP contribution >= 0.6 is 0 Å². The lowest BCUT2D eigenvalue weighted by Crippen LogP contribution is -2.44. The minimum Gasteiger partial charge on any atom is -0.366 e. The lowest BCUT2D eigenvalue weighted by Gasteiger charge is -2.29. The maximum atomic E-state index is 8.91. The standard InChI is InChI=1S/C5H10O5/c1-8-5-4(7)10-3(6)2-9-5/h3-7H,2H2,1H3/t3-,4?,5-/m0/s1. The fourth-order valence-electron chi connectivity index (χ4n) is 0.708.